The van der Waals surface area contributed by atoms with E-state index in [1.807, 2.05) is 13.0 Å². The summed E-state index contributed by atoms with van der Waals surface area (Å²) in [6.07, 6.45) is 1.74. The minimum Gasteiger partial charge on any atom is -0.481 e. The highest BCUT2D eigenvalue weighted by Crippen LogP contribution is 2.34. The van der Waals surface area contributed by atoms with Crippen LogP contribution in [-0.4, -0.2) is 22.7 Å². The maximum Gasteiger partial charge on any atom is 0.263 e. The maximum absolute atomic E-state index is 11.6. The van der Waals surface area contributed by atoms with Gasteiger partial charge in [0.15, 0.2) is 6.61 Å². The minimum absolute atomic E-state index is 0.0286. The molecule has 0 aromatic heterocycles. The van der Waals surface area contributed by atoms with Crippen molar-refractivity contribution < 1.29 is 14.3 Å². The third kappa shape index (κ3) is 2.41. The number of thiocarbonyl (C=S) groups is 1. The van der Waals surface area contributed by atoms with Gasteiger partial charge in [-0.1, -0.05) is 24.0 Å². The summed E-state index contributed by atoms with van der Waals surface area (Å²) in [5.41, 5.74) is 2.34. The quantitative estimate of drug-likeness (QED) is 0.612. The molecule has 5 nitrogen and oxygen atoms in total. The van der Waals surface area contributed by atoms with Gasteiger partial charge in [0.25, 0.3) is 11.8 Å². The summed E-state index contributed by atoms with van der Waals surface area (Å²) < 4.78 is 5.84. The van der Waals surface area contributed by atoms with Gasteiger partial charge in [0, 0.05) is 0 Å². The average molecular weight is 306 g/mol. The van der Waals surface area contributed by atoms with Crippen LogP contribution in [0.5, 0.6) is 5.75 Å². The number of anilines is 1. The lowest BCUT2D eigenvalue weighted by Gasteiger charge is -2.20. The van der Waals surface area contributed by atoms with Gasteiger partial charge in [-0.05, 0) is 36.3 Å². The van der Waals surface area contributed by atoms with Crippen LogP contribution in [0.1, 0.15) is 11.1 Å². The van der Waals surface area contributed by atoms with Crippen LogP contribution < -0.4 is 15.4 Å². The summed E-state index contributed by atoms with van der Waals surface area (Å²) in [4.78, 5) is 23.5. The second kappa shape index (κ2) is 4.92. The zero-order valence-corrected chi connectivity index (χ0v) is 12.1. The number of nitrogens with one attached hydrogen (secondary N) is 2. The largest absolute Gasteiger partial charge is 0.481 e. The van der Waals surface area contributed by atoms with Crippen molar-refractivity contribution in [3.63, 3.8) is 0 Å². The van der Waals surface area contributed by atoms with Crippen LogP contribution in [-0.2, 0) is 9.59 Å². The molecule has 0 saturated carbocycles. The van der Waals surface area contributed by atoms with Crippen molar-refractivity contribution in [3.05, 3.63) is 28.2 Å². The molecule has 0 radical (unpaired) electrons. The molecule has 0 aliphatic carbocycles. The second-order valence-corrected chi connectivity index (χ2v) is 6.12. The monoisotopic (exact) mass is 306 g/mol. The summed E-state index contributed by atoms with van der Waals surface area (Å²) in [6, 6.07) is 3.68. The number of fused-ring (bicyclic) bond motifs is 1. The molecule has 3 rings (SSSR count). The van der Waals surface area contributed by atoms with Crippen LogP contribution in [0.2, 0.25) is 0 Å². The normalized spacial score (nSPS) is 19.4. The second-order valence-electron chi connectivity index (χ2n) is 4.40. The first-order valence-electron chi connectivity index (χ1n) is 5.85. The smallest absolute Gasteiger partial charge is 0.263 e. The average Bonchev–Trinajstić information content (AvgIpc) is 2.67. The van der Waals surface area contributed by atoms with Gasteiger partial charge in [-0.2, -0.15) is 0 Å². The molecule has 2 N–H and O–H groups in total. The highest BCUT2D eigenvalue weighted by molar-refractivity contribution is 8.26. The lowest BCUT2D eigenvalue weighted by Crippen LogP contribution is -2.25. The van der Waals surface area contributed by atoms with E-state index in [0.29, 0.717) is 20.7 Å². The Hall–Kier alpha value is -1.86. The molecule has 0 bridgehead atoms. The number of thioether (sulfide) groups is 1. The predicted molar refractivity (Wildman–Crippen MR) is 81.6 cm³/mol. The van der Waals surface area contributed by atoms with Gasteiger partial charge in [0.05, 0.1) is 10.6 Å². The van der Waals surface area contributed by atoms with Crippen molar-refractivity contribution in [2.24, 2.45) is 0 Å². The minimum atomic E-state index is -0.198. The summed E-state index contributed by atoms with van der Waals surface area (Å²) in [5.74, 6) is 0.289. The lowest BCUT2D eigenvalue weighted by atomic mass is 10.1. The Morgan fingerprint density at radius 1 is 1.35 bits per heavy atom. The number of hydrogen-bond acceptors (Lipinski definition) is 5. The Labute approximate surface area is 124 Å². The van der Waals surface area contributed by atoms with E-state index >= 15 is 0 Å². The number of ether oxygens (including phenoxy) is 1. The van der Waals surface area contributed by atoms with E-state index in [1.54, 1.807) is 12.1 Å². The van der Waals surface area contributed by atoms with Crippen molar-refractivity contribution >= 4 is 51.9 Å². The van der Waals surface area contributed by atoms with Crippen LogP contribution in [0.4, 0.5) is 5.69 Å². The first-order valence-corrected chi connectivity index (χ1v) is 7.07. The fraction of sp³-hybridized carbons (Fsp3) is 0.154. The van der Waals surface area contributed by atoms with Crippen molar-refractivity contribution in [1.82, 2.24) is 5.32 Å². The third-order valence-electron chi connectivity index (χ3n) is 2.86. The van der Waals surface area contributed by atoms with Crippen molar-refractivity contribution in [2.45, 2.75) is 6.92 Å². The summed E-state index contributed by atoms with van der Waals surface area (Å²) in [7, 11) is 0. The van der Waals surface area contributed by atoms with Gasteiger partial charge >= 0.3 is 0 Å². The molecule has 20 heavy (non-hydrogen) atoms. The summed E-state index contributed by atoms with van der Waals surface area (Å²) >= 11 is 6.17. The first kappa shape index (κ1) is 13.1. The summed E-state index contributed by atoms with van der Waals surface area (Å²) in [6.45, 7) is 1.92. The van der Waals surface area contributed by atoms with Gasteiger partial charge < -0.3 is 15.4 Å². The Bertz CT molecular complexity index is 682. The van der Waals surface area contributed by atoms with Crippen molar-refractivity contribution in [2.75, 3.05) is 11.9 Å². The molecule has 1 aromatic rings. The molecule has 1 fully saturated rings. The number of aryl methyl sites for hydroxylation is 1. The molecule has 2 heterocycles. The molecular formula is C13H10N2O3S2. The van der Waals surface area contributed by atoms with E-state index in [2.05, 4.69) is 10.6 Å². The van der Waals surface area contributed by atoms with Crippen LogP contribution in [0.25, 0.3) is 6.08 Å². The molecule has 2 aliphatic rings. The molecule has 0 spiro atoms. The molecule has 2 amide bonds. The van der Waals surface area contributed by atoms with Gasteiger partial charge in [-0.25, -0.2) is 0 Å². The van der Waals surface area contributed by atoms with Gasteiger partial charge in [0.1, 0.15) is 10.1 Å². The predicted octanol–water partition coefficient (Wildman–Crippen LogP) is 1.81. The van der Waals surface area contributed by atoms with E-state index in [0.717, 1.165) is 11.1 Å². The molecule has 0 unspecified atom stereocenters. The first-order chi connectivity index (χ1) is 9.52. The maximum atomic E-state index is 11.6. The highest BCUT2D eigenvalue weighted by atomic mass is 32.2. The molecule has 1 saturated heterocycles. The fourth-order valence-electron chi connectivity index (χ4n) is 2.07. The Morgan fingerprint density at radius 2 is 2.15 bits per heavy atom. The number of amides is 2. The summed E-state index contributed by atoms with van der Waals surface area (Å²) in [5, 5.41) is 5.32. The van der Waals surface area contributed by atoms with Crippen LogP contribution in [0.15, 0.2) is 17.0 Å². The Kier molecular flexibility index (Phi) is 3.23. The zero-order valence-electron chi connectivity index (χ0n) is 10.5. The molecular weight excluding hydrogens is 296 g/mol. The molecule has 0 atom stereocenters. The molecule has 7 heteroatoms. The zero-order chi connectivity index (χ0) is 14.3. The molecule has 1 aromatic carbocycles. The van der Waals surface area contributed by atoms with Crippen LogP contribution in [0.3, 0.4) is 0 Å². The number of rotatable bonds is 1. The topological polar surface area (TPSA) is 67.4 Å². The van der Waals surface area contributed by atoms with Gasteiger partial charge in [0.2, 0.25) is 0 Å². The molecule has 102 valence electrons. The van der Waals surface area contributed by atoms with Crippen LogP contribution >= 0.6 is 24.0 Å². The van der Waals surface area contributed by atoms with E-state index in [4.69, 9.17) is 17.0 Å². The van der Waals surface area contributed by atoms with Gasteiger partial charge in [-0.3, -0.25) is 9.59 Å². The molecule has 2 aliphatic heterocycles. The van der Waals surface area contributed by atoms with E-state index < -0.39 is 0 Å². The SMILES string of the molecule is Cc1cc(C=C2SC(=S)NC2=O)cc2c1OCC(=O)N2. The number of carbonyl (C=O) groups is 2. The highest BCUT2D eigenvalue weighted by Gasteiger charge is 2.23. The number of hydrogen-bond donors (Lipinski definition) is 2. The van der Waals surface area contributed by atoms with Crippen molar-refractivity contribution in [1.29, 1.82) is 0 Å². The van der Waals surface area contributed by atoms with E-state index in [1.165, 1.54) is 11.8 Å². The van der Waals surface area contributed by atoms with Crippen molar-refractivity contribution in [3.8, 4) is 5.75 Å². The standard InChI is InChI=1S/C13H10N2O3S2/c1-6-2-7(4-9-12(17)15-13(19)20-9)3-8-11(6)18-5-10(16)14-8/h2-4H,5H2,1H3,(H,14,16)(H,15,17,19). The Morgan fingerprint density at radius 3 is 2.85 bits per heavy atom. The number of benzene rings is 1. The van der Waals surface area contributed by atoms with E-state index in [-0.39, 0.29) is 18.4 Å². The lowest BCUT2D eigenvalue weighted by molar-refractivity contribution is -0.118. The third-order valence-corrected chi connectivity index (χ3v) is 4.02. The Balaban J connectivity index is 1.99. The number of carbonyl (C=O) groups excluding carboxylic acids is 2. The van der Waals surface area contributed by atoms with E-state index in [9.17, 15) is 9.59 Å². The fourth-order valence-corrected chi connectivity index (χ4v) is 3.11. The van der Waals surface area contributed by atoms with Gasteiger partial charge in [-0.15, -0.1) is 0 Å². The van der Waals surface area contributed by atoms with Crippen LogP contribution in [0, 0.1) is 6.92 Å².